The molecule has 1 atom stereocenters. The lowest BCUT2D eigenvalue weighted by Crippen LogP contribution is -2.29. The summed E-state index contributed by atoms with van der Waals surface area (Å²) in [6.07, 6.45) is 0. The van der Waals surface area contributed by atoms with Gasteiger partial charge in [-0.3, -0.25) is 0 Å². The molecule has 0 aliphatic carbocycles. The summed E-state index contributed by atoms with van der Waals surface area (Å²) in [4.78, 5) is 2.01. The number of benzene rings is 1. The third-order valence-corrected chi connectivity index (χ3v) is 2.29. The van der Waals surface area contributed by atoms with E-state index >= 15 is 0 Å². The predicted octanol–water partition coefficient (Wildman–Crippen LogP) is 1.65. The van der Waals surface area contributed by atoms with Crippen molar-refractivity contribution in [3.63, 3.8) is 0 Å². The highest BCUT2D eigenvalue weighted by Crippen LogP contribution is 2.19. The van der Waals surface area contributed by atoms with Crippen LogP contribution in [0.1, 0.15) is 11.6 Å². The minimum atomic E-state index is -0.138. The lowest BCUT2D eigenvalue weighted by molar-refractivity contribution is 0.286. The van der Waals surface area contributed by atoms with Crippen molar-refractivity contribution in [1.29, 1.82) is 0 Å². The van der Waals surface area contributed by atoms with E-state index in [0.29, 0.717) is 0 Å². The summed E-state index contributed by atoms with van der Waals surface area (Å²) in [5, 5.41) is 3.07. The van der Waals surface area contributed by atoms with Gasteiger partial charge in [-0.1, -0.05) is 18.2 Å². The van der Waals surface area contributed by atoms with Crippen LogP contribution in [0.3, 0.4) is 0 Å². The number of hydrogen-bond acceptors (Lipinski definition) is 2. The third kappa shape index (κ3) is 2.53. The molecule has 0 saturated heterocycles. The molecule has 1 unspecified atom stereocenters. The van der Waals surface area contributed by atoms with E-state index in [-0.39, 0.29) is 11.9 Å². The van der Waals surface area contributed by atoms with E-state index < -0.39 is 0 Å². The van der Waals surface area contributed by atoms with Crippen molar-refractivity contribution < 1.29 is 4.39 Å². The van der Waals surface area contributed by atoms with Gasteiger partial charge >= 0.3 is 0 Å². The standard InChI is InChI=1S/C11H17FN2/c1-13-8-11(14(2)3)9-6-4-5-7-10(9)12/h4-7,11,13H,8H2,1-3H3. The fourth-order valence-corrected chi connectivity index (χ4v) is 1.51. The molecular weight excluding hydrogens is 179 g/mol. The second-order valence-electron chi connectivity index (χ2n) is 3.56. The van der Waals surface area contributed by atoms with Crippen molar-refractivity contribution >= 4 is 0 Å². The summed E-state index contributed by atoms with van der Waals surface area (Å²) in [5.41, 5.74) is 0.742. The first-order chi connectivity index (χ1) is 6.66. The fraction of sp³-hybridized carbons (Fsp3) is 0.455. The number of nitrogens with zero attached hydrogens (tertiary/aromatic N) is 1. The monoisotopic (exact) mass is 196 g/mol. The van der Waals surface area contributed by atoms with Crippen LogP contribution in [0, 0.1) is 5.82 Å². The Kier molecular flexibility index (Phi) is 4.04. The minimum Gasteiger partial charge on any atom is -0.318 e. The predicted molar refractivity (Wildman–Crippen MR) is 56.8 cm³/mol. The maximum absolute atomic E-state index is 13.5. The Morgan fingerprint density at radius 3 is 2.50 bits per heavy atom. The Morgan fingerprint density at radius 2 is 2.00 bits per heavy atom. The van der Waals surface area contributed by atoms with Crippen molar-refractivity contribution in [2.45, 2.75) is 6.04 Å². The molecule has 0 aromatic heterocycles. The summed E-state index contributed by atoms with van der Waals surface area (Å²) in [7, 11) is 5.78. The van der Waals surface area contributed by atoms with Gasteiger partial charge in [-0.2, -0.15) is 0 Å². The maximum Gasteiger partial charge on any atom is 0.128 e. The van der Waals surface area contributed by atoms with E-state index in [1.54, 1.807) is 6.07 Å². The SMILES string of the molecule is CNCC(c1ccccc1F)N(C)C. The van der Waals surface area contributed by atoms with Crippen LogP contribution in [0.15, 0.2) is 24.3 Å². The molecule has 0 spiro atoms. The molecule has 0 aliphatic rings. The Hall–Kier alpha value is -0.930. The van der Waals surface area contributed by atoms with Gasteiger partial charge in [0.15, 0.2) is 0 Å². The quantitative estimate of drug-likeness (QED) is 0.787. The number of likely N-dealkylation sites (N-methyl/N-ethyl adjacent to an activating group) is 2. The summed E-state index contributed by atoms with van der Waals surface area (Å²) in [5.74, 6) is -0.138. The van der Waals surface area contributed by atoms with E-state index in [1.165, 1.54) is 6.07 Å². The van der Waals surface area contributed by atoms with E-state index in [9.17, 15) is 4.39 Å². The molecule has 1 rings (SSSR count). The van der Waals surface area contributed by atoms with Gasteiger partial charge in [0, 0.05) is 18.2 Å². The highest BCUT2D eigenvalue weighted by atomic mass is 19.1. The van der Waals surface area contributed by atoms with Crippen molar-refractivity contribution in [2.75, 3.05) is 27.7 Å². The molecule has 1 aromatic carbocycles. The van der Waals surface area contributed by atoms with Crippen LogP contribution in [0.5, 0.6) is 0 Å². The van der Waals surface area contributed by atoms with Crippen molar-refractivity contribution in [1.82, 2.24) is 10.2 Å². The van der Waals surface area contributed by atoms with Gasteiger partial charge in [0.05, 0.1) is 0 Å². The number of nitrogens with one attached hydrogen (secondary N) is 1. The minimum absolute atomic E-state index is 0.0844. The molecule has 0 bridgehead atoms. The molecule has 3 heteroatoms. The first-order valence-electron chi connectivity index (χ1n) is 4.72. The molecule has 2 nitrogen and oxygen atoms in total. The van der Waals surface area contributed by atoms with Gasteiger partial charge in [-0.05, 0) is 27.2 Å². The first-order valence-corrected chi connectivity index (χ1v) is 4.72. The van der Waals surface area contributed by atoms with Gasteiger partial charge in [0.1, 0.15) is 5.82 Å². The molecule has 1 N–H and O–H groups in total. The summed E-state index contributed by atoms with van der Waals surface area (Å²) < 4.78 is 13.5. The van der Waals surface area contributed by atoms with Gasteiger partial charge in [-0.25, -0.2) is 4.39 Å². The average molecular weight is 196 g/mol. The van der Waals surface area contributed by atoms with E-state index in [0.717, 1.165) is 12.1 Å². The highest BCUT2D eigenvalue weighted by Gasteiger charge is 2.16. The summed E-state index contributed by atoms with van der Waals surface area (Å²) in [6, 6.07) is 7.00. The number of hydrogen-bond donors (Lipinski definition) is 1. The van der Waals surface area contributed by atoms with Gasteiger partial charge in [-0.15, -0.1) is 0 Å². The van der Waals surface area contributed by atoms with Crippen LogP contribution in [0.25, 0.3) is 0 Å². The van der Waals surface area contributed by atoms with E-state index in [2.05, 4.69) is 5.32 Å². The molecule has 1 aromatic rings. The molecule has 0 saturated carbocycles. The lowest BCUT2D eigenvalue weighted by Gasteiger charge is -2.24. The van der Waals surface area contributed by atoms with Crippen LogP contribution < -0.4 is 5.32 Å². The highest BCUT2D eigenvalue weighted by molar-refractivity contribution is 5.21. The topological polar surface area (TPSA) is 15.3 Å². The number of halogens is 1. The second kappa shape index (κ2) is 5.08. The largest absolute Gasteiger partial charge is 0.318 e. The fourth-order valence-electron chi connectivity index (χ4n) is 1.51. The molecule has 78 valence electrons. The van der Waals surface area contributed by atoms with Crippen molar-refractivity contribution in [2.24, 2.45) is 0 Å². The van der Waals surface area contributed by atoms with Crippen LogP contribution >= 0.6 is 0 Å². The van der Waals surface area contributed by atoms with Gasteiger partial charge in [0.25, 0.3) is 0 Å². The molecule has 0 heterocycles. The number of rotatable bonds is 4. The Labute approximate surface area is 84.7 Å². The Bertz CT molecular complexity index is 286. The molecule has 0 aliphatic heterocycles. The zero-order chi connectivity index (χ0) is 10.6. The normalized spacial score (nSPS) is 13.2. The van der Waals surface area contributed by atoms with Crippen LogP contribution in [-0.2, 0) is 0 Å². The first kappa shape index (κ1) is 11.1. The molecule has 14 heavy (non-hydrogen) atoms. The molecule has 0 radical (unpaired) electrons. The smallest absolute Gasteiger partial charge is 0.128 e. The lowest BCUT2D eigenvalue weighted by atomic mass is 10.1. The van der Waals surface area contributed by atoms with Crippen molar-refractivity contribution in [3.05, 3.63) is 35.6 Å². The Morgan fingerprint density at radius 1 is 1.36 bits per heavy atom. The van der Waals surface area contributed by atoms with Crippen LogP contribution in [0.2, 0.25) is 0 Å². The van der Waals surface area contributed by atoms with Gasteiger partial charge < -0.3 is 10.2 Å². The van der Waals surface area contributed by atoms with Gasteiger partial charge in [0.2, 0.25) is 0 Å². The zero-order valence-corrected chi connectivity index (χ0v) is 8.92. The molecular formula is C11H17FN2. The van der Waals surface area contributed by atoms with E-state index in [4.69, 9.17) is 0 Å². The van der Waals surface area contributed by atoms with Crippen LogP contribution in [0.4, 0.5) is 4.39 Å². The molecule has 0 amide bonds. The summed E-state index contributed by atoms with van der Waals surface area (Å²) >= 11 is 0. The zero-order valence-electron chi connectivity index (χ0n) is 8.92. The average Bonchev–Trinajstić information content (AvgIpc) is 2.15. The summed E-state index contributed by atoms with van der Waals surface area (Å²) in [6.45, 7) is 0.744. The Balaban J connectivity index is 2.93. The van der Waals surface area contributed by atoms with Crippen LogP contribution in [-0.4, -0.2) is 32.6 Å². The third-order valence-electron chi connectivity index (χ3n) is 2.29. The second-order valence-corrected chi connectivity index (χ2v) is 3.56. The molecule has 0 fully saturated rings. The van der Waals surface area contributed by atoms with E-state index in [1.807, 2.05) is 38.2 Å². The maximum atomic E-state index is 13.5. The van der Waals surface area contributed by atoms with Crippen molar-refractivity contribution in [3.8, 4) is 0 Å².